The van der Waals surface area contributed by atoms with E-state index in [1.165, 1.54) is 24.4 Å². The molecular weight excluding hydrogens is 196 g/mol. The Balaban J connectivity index is 2.31. The van der Waals surface area contributed by atoms with Crippen molar-refractivity contribution in [3.8, 4) is 0 Å². The molecule has 1 aromatic rings. The number of hydrogen-bond donors (Lipinski definition) is 0. The maximum absolute atomic E-state index is 6.11. The number of aromatic nitrogens is 2. The lowest BCUT2D eigenvalue weighted by molar-refractivity contribution is 0.496. The number of nitrogens with zero attached hydrogens (tertiary/aromatic N) is 2. The van der Waals surface area contributed by atoms with Crippen LogP contribution in [0.1, 0.15) is 38.2 Å². The number of rotatable bonds is 2. The Hall–Kier alpha value is -0.500. The van der Waals surface area contributed by atoms with Gasteiger partial charge in [-0.3, -0.25) is 0 Å². The van der Waals surface area contributed by atoms with Crippen LogP contribution in [0.15, 0.2) is 0 Å². The van der Waals surface area contributed by atoms with Gasteiger partial charge in [-0.05, 0) is 25.2 Å². The van der Waals surface area contributed by atoms with Gasteiger partial charge < -0.3 is 4.57 Å². The molecule has 0 radical (unpaired) electrons. The van der Waals surface area contributed by atoms with Crippen LogP contribution in [0.2, 0.25) is 5.15 Å². The Morgan fingerprint density at radius 1 is 1.43 bits per heavy atom. The Morgan fingerprint density at radius 3 is 2.93 bits per heavy atom. The van der Waals surface area contributed by atoms with Gasteiger partial charge in [0.25, 0.3) is 0 Å². The molecule has 0 saturated carbocycles. The van der Waals surface area contributed by atoms with Gasteiger partial charge in [-0.25, -0.2) is 4.98 Å². The summed E-state index contributed by atoms with van der Waals surface area (Å²) in [6, 6.07) is 0. The van der Waals surface area contributed by atoms with Crippen molar-refractivity contribution in [2.45, 2.75) is 46.1 Å². The first-order valence-corrected chi connectivity index (χ1v) is 5.80. The Labute approximate surface area is 90.3 Å². The predicted molar refractivity (Wildman–Crippen MR) is 58.7 cm³/mol. The van der Waals surface area contributed by atoms with Crippen molar-refractivity contribution < 1.29 is 0 Å². The molecule has 14 heavy (non-hydrogen) atoms. The Bertz CT molecular complexity index is 328. The highest BCUT2D eigenvalue weighted by Crippen LogP contribution is 2.25. The van der Waals surface area contributed by atoms with Crippen molar-refractivity contribution in [3.05, 3.63) is 16.7 Å². The van der Waals surface area contributed by atoms with E-state index in [9.17, 15) is 0 Å². The topological polar surface area (TPSA) is 17.8 Å². The van der Waals surface area contributed by atoms with Gasteiger partial charge >= 0.3 is 0 Å². The van der Waals surface area contributed by atoms with Gasteiger partial charge in [0, 0.05) is 13.0 Å². The van der Waals surface area contributed by atoms with Gasteiger partial charge in [0.15, 0.2) is 5.15 Å². The molecule has 0 bridgehead atoms. The van der Waals surface area contributed by atoms with Crippen molar-refractivity contribution in [2.75, 3.05) is 0 Å². The molecule has 0 spiro atoms. The summed E-state index contributed by atoms with van der Waals surface area (Å²) in [7, 11) is 0. The average Bonchev–Trinajstić information content (AvgIpc) is 2.44. The lowest BCUT2D eigenvalue weighted by Gasteiger charge is -2.17. The summed E-state index contributed by atoms with van der Waals surface area (Å²) in [6.45, 7) is 5.55. The first-order valence-electron chi connectivity index (χ1n) is 5.42. The number of imidazole rings is 1. The van der Waals surface area contributed by atoms with E-state index in [0.29, 0.717) is 5.92 Å². The molecule has 0 N–H and O–H groups in total. The summed E-state index contributed by atoms with van der Waals surface area (Å²) >= 11 is 6.11. The van der Waals surface area contributed by atoms with Crippen LogP contribution in [0.25, 0.3) is 0 Å². The van der Waals surface area contributed by atoms with E-state index in [1.807, 2.05) is 0 Å². The van der Waals surface area contributed by atoms with E-state index >= 15 is 0 Å². The van der Waals surface area contributed by atoms with E-state index in [4.69, 9.17) is 11.6 Å². The molecule has 0 unspecified atom stereocenters. The molecule has 0 saturated heterocycles. The number of fused-ring (bicyclic) bond motifs is 1. The van der Waals surface area contributed by atoms with E-state index in [0.717, 1.165) is 24.5 Å². The second-order valence-corrected chi connectivity index (χ2v) is 4.83. The zero-order valence-corrected chi connectivity index (χ0v) is 9.64. The third kappa shape index (κ3) is 1.81. The van der Waals surface area contributed by atoms with Crippen LogP contribution >= 0.6 is 11.6 Å². The quantitative estimate of drug-likeness (QED) is 0.737. The largest absolute Gasteiger partial charge is 0.331 e. The highest BCUT2D eigenvalue weighted by molar-refractivity contribution is 6.30. The highest BCUT2D eigenvalue weighted by Gasteiger charge is 2.18. The van der Waals surface area contributed by atoms with Gasteiger partial charge in [-0.2, -0.15) is 0 Å². The maximum atomic E-state index is 6.11. The fourth-order valence-electron chi connectivity index (χ4n) is 2.09. The van der Waals surface area contributed by atoms with Crippen LogP contribution in [-0.4, -0.2) is 9.55 Å². The Kier molecular flexibility index (Phi) is 2.82. The van der Waals surface area contributed by atoms with Crippen LogP contribution < -0.4 is 0 Å². The van der Waals surface area contributed by atoms with Crippen LogP contribution in [0.5, 0.6) is 0 Å². The zero-order chi connectivity index (χ0) is 10.1. The van der Waals surface area contributed by atoms with Gasteiger partial charge in [0.1, 0.15) is 5.82 Å². The SMILES string of the molecule is CC(C)Cc1nc(Cl)c2n1CCCC2. The summed E-state index contributed by atoms with van der Waals surface area (Å²) in [5.74, 6) is 1.83. The molecule has 2 heterocycles. The first kappa shape index (κ1) is 10.0. The monoisotopic (exact) mass is 212 g/mol. The third-order valence-corrected chi connectivity index (χ3v) is 3.04. The molecule has 1 aliphatic rings. The summed E-state index contributed by atoms with van der Waals surface area (Å²) in [4.78, 5) is 4.46. The number of halogens is 1. The summed E-state index contributed by atoms with van der Waals surface area (Å²) in [5, 5.41) is 0.736. The normalized spacial score (nSPS) is 16.0. The van der Waals surface area contributed by atoms with Crippen molar-refractivity contribution in [1.82, 2.24) is 9.55 Å². The van der Waals surface area contributed by atoms with Crippen molar-refractivity contribution >= 4 is 11.6 Å². The zero-order valence-electron chi connectivity index (χ0n) is 8.89. The standard InChI is InChI=1S/C11H17ClN2/c1-8(2)7-10-13-11(12)9-5-3-4-6-14(9)10/h8H,3-7H2,1-2H3. The first-order chi connectivity index (χ1) is 6.68. The van der Waals surface area contributed by atoms with Crippen LogP contribution in [0.3, 0.4) is 0 Å². The summed E-state index contributed by atoms with van der Waals surface area (Å²) in [5.41, 5.74) is 1.26. The molecule has 1 aromatic heterocycles. The summed E-state index contributed by atoms with van der Waals surface area (Å²) in [6.07, 6.45) is 4.67. The molecule has 0 fully saturated rings. The van der Waals surface area contributed by atoms with Crippen LogP contribution in [0.4, 0.5) is 0 Å². The van der Waals surface area contributed by atoms with E-state index in [2.05, 4.69) is 23.4 Å². The molecule has 78 valence electrons. The Morgan fingerprint density at radius 2 is 2.21 bits per heavy atom. The highest BCUT2D eigenvalue weighted by atomic mass is 35.5. The molecule has 2 nitrogen and oxygen atoms in total. The fraction of sp³-hybridized carbons (Fsp3) is 0.727. The predicted octanol–water partition coefficient (Wildman–Crippen LogP) is 3.07. The van der Waals surface area contributed by atoms with Gasteiger partial charge in [0.2, 0.25) is 0 Å². The molecule has 0 atom stereocenters. The molecule has 2 rings (SSSR count). The maximum Gasteiger partial charge on any atom is 0.150 e. The molecule has 0 amide bonds. The molecule has 0 aromatic carbocycles. The minimum atomic E-state index is 0.652. The van der Waals surface area contributed by atoms with Crippen molar-refractivity contribution in [2.24, 2.45) is 5.92 Å². The van der Waals surface area contributed by atoms with Gasteiger partial charge in [-0.15, -0.1) is 0 Å². The second-order valence-electron chi connectivity index (χ2n) is 4.47. The van der Waals surface area contributed by atoms with E-state index in [-0.39, 0.29) is 0 Å². The fourth-order valence-corrected chi connectivity index (χ4v) is 2.38. The van der Waals surface area contributed by atoms with Gasteiger partial charge in [-0.1, -0.05) is 25.4 Å². The molecule has 0 aliphatic carbocycles. The van der Waals surface area contributed by atoms with Crippen molar-refractivity contribution in [3.63, 3.8) is 0 Å². The van der Waals surface area contributed by atoms with Crippen molar-refractivity contribution in [1.29, 1.82) is 0 Å². The minimum Gasteiger partial charge on any atom is -0.331 e. The van der Waals surface area contributed by atoms with E-state index in [1.54, 1.807) is 0 Å². The second kappa shape index (κ2) is 3.93. The smallest absolute Gasteiger partial charge is 0.150 e. The molecule has 1 aliphatic heterocycles. The van der Waals surface area contributed by atoms with Gasteiger partial charge in [0.05, 0.1) is 5.69 Å². The lowest BCUT2D eigenvalue weighted by atomic mass is 10.1. The lowest BCUT2D eigenvalue weighted by Crippen LogP contribution is -2.14. The van der Waals surface area contributed by atoms with Crippen LogP contribution in [0, 0.1) is 5.92 Å². The molecule has 3 heteroatoms. The number of hydrogen-bond acceptors (Lipinski definition) is 1. The third-order valence-electron chi connectivity index (χ3n) is 2.74. The average molecular weight is 213 g/mol. The molecular formula is C11H17ClN2. The summed E-state index contributed by atoms with van der Waals surface area (Å²) < 4.78 is 2.33. The van der Waals surface area contributed by atoms with E-state index < -0.39 is 0 Å². The van der Waals surface area contributed by atoms with Crippen LogP contribution in [-0.2, 0) is 19.4 Å². The minimum absolute atomic E-state index is 0.652.